The van der Waals surface area contributed by atoms with Crippen LogP contribution in [0.15, 0.2) is 42.5 Å². The summed E-state index contributed by atoms with van der Waals surface area (Å²) >= 11 is 5.96. The third-order valence-electron chi connectivity index (χ3n) is 4.42. The van der Waals surface area contributed by atoms with Crippen molar-refractivity contribution < 1.29 is 14.3 Å². The molecule has 2 amide bonds. The van der Waals surface area contributed by atoms with E-state index < -0.39 is 6.04 Å². The second-order valence-electron chi connectivity index (χ2n) is 7.60. The number of nitrogens with one attached hydrogen (secondary N) is 1. The highest BCUT2D eigenvalue weighted by molar-refractivity contribution is 6.30. The molecule has 0 saturated heterocycles. The fraction of sp³-hybridized carbons (Fsp3) is 0.391. The summed E-state index contributed by atoms with van der Waals surface area (Å²) in [5, 5.41) is 3.49. The Balaban J connectivity index is 2.16. The zero-order chi connectivity index (χ0) is 21.6. The number of halogens is 1. The number of hydrogen-bond donors (Lipinski definition) is 1. The topological polar surface area (TPSA) is 58.6 Å². The Morgan fingerprint density at radius 3 is 2.17 bits per heavy atom. The van der Waals surface area contributed by atoms with Crippen molar-refractivity contribution in [1.82, 2.24) is 10.2 Å². The van der Waals surface area contributed by atoms with Gasteiger partial charge < -0.3 is 15.0 Å². The molecule has 0 radical (unpaired) electrons. The highest BCUT2D eigenvalue weighted by Crippen LogP contribution is 2.18. The van der Waals surface area contributed by atoms with Crippen molar-refractivity contribution >= 4 is 23.4 Å². The van der Waals surface area contributed by atoms with Crippen LogP contribution in [0.2, 0.25) is 5.02 Å². The average Bonchev–Trinajstić information content (AvgIpc) is 2.63. The highest BCUT2D eigenvalue weighted by atomic mass is 35.5. The van der Waals surface area contributed by atoms with Gasteiger partial charge in [-0.15, -0.1) is 0 Å². The highest BCUT2D eigenvalue weighted by Gasteiger charge is 2.26. The molecule has 1 atom stereocenters. The molecule has 6 heteroatoms. The van der Waals surface area contributed by atoms with Crippen molar-refractivity contribution in [3.8, 4) is 5.75 Å². The first kappa shape index (κ1) is 22.8. The zero-order valence-electron chi connectivity index (χ0n) is 17.7. The summed E-state index contributed by atoms with van der Waals surface area (Å²) in [4.78, 5) is 27.1. The minimum Gasteiger partial charge on any atom is -0.484 e. The van der Waals surface area contributed by atoms with Crippen LogP contribution in [-0.2, 0) is 16.1 Å². The van der Waals surface area contributed by atoms with Crippen molar-refractivity contribution in [1.29, 1.82) is 0 Å². The van der Waals surface area contributed by atoms with Gasteiger partial charge in [-0.05, 0) is 75.6 Å². The number of nitrogens with zero attached hydrogens (tertiary/aromatic N) is 1. The van der Waals surface area contributed by atoms with Gasteiger partial charge in [-0.2, -0.15) is 0 Å². The molecule has 0 spiro atoms. The van der Waals surface area contributed by atoms with Gasteiger partial charge in [0.05, 0.1) is 0 Å². The fourth-order valence-electron chi connectivity index (χ4n) is 3.02. The third-order valence-corrected chi connectivity index (χ3v) is 4.67. The molecule has 0 bridgehead atoms. The lowest BCUT2D eigenvalue weighted by atomic mass is 10.1. The van der Waals surface area contributed by atoms with Gasteiger partial charge >= 0.3 is 0 Å². The zero-order valence-corrected chi connectivity index (χ0v) is 18.4. The van der Waals surface area contributed by atoms with Crippen LogP contribution in [0.25, 0.3) is 0 Å². The van der Waals surface area contributed by atoms with Crippen LogP contribution in [0, 0.1) is 13.8 Å². The molecule has 5 nitrogen and oxygen atoms in total. The predicted octanol–water partition coefficient (Wildman–Crippen LogP) is 4.28. The lowest BCUT2D eigenvalue weighted by Crippen LogP contribution is -2.50. The molecule has 0 aliphatic rings. The van der Waals surface area contributed by atoms with Gasteiger partial charge in [-0.25, -0.2) is 0 Å². The quantitative estimate of drug-likeness (QED) is 0.698. The van der Waals surface area contributed by atoms with Crippen molar-refractivity contribution in [2.75, 3.05) is 6.61 Å². The molecule has 0 fully saturated rings. The maximum absolute atomic E-state index is 13.0. The van der Waals surface area contributed by atoms with E-state index in [1.54, 1.807) is 19.1 Å². The molecular formula is C23H29ClN2O3. The molecule has 2 aromatic rings. The summed E-state index contributed by atoms with van der Waals surface area (Å²) in [6, 6.07) is 12.4. The average molecular weight is 417 g/mol. The van der Waals surface area contributed by atoms with E-state index in [0.29, 0.717) is 17.3 Å². The van der Waals surface area contributed by atoms with Crippen LogP contribution in [0.1, 0.15) is 37.5 Å². The van der Waals surface area contributed by atoms with Crippen LogP contribution in [-0.4, -0.2) is 35.4 Å². The summed E-state index contributed by atoms with van der Waals surface area (Å²) < 4.78 is 5.73. The van der Waals surface area contributed by atoms with Gasteiger partial charge in [-0.3, -0.25) is 9.59 Å². The number of aryl methyl sites for hydroxylation is 2. The lowest BCUT2D eigenvalue weighted by Gasteiger charge is -2.29. The third kappa shape index (κ3) is 7.09. The van der Waals surface area contributed by atoms with E-state index in [0.717, 1.165) is 16.7 Å². The van der Waals surface area contributed by atoms with Gasteiger partial charge in [0.15, 0.2) is 6.61 Å². The molecule has 0 heterocycles. The van der Waals surface area contributed by atoms with Gasteiger partial charge in [0.2, 0.25) is 5.91 Å². The van der Waals surface area contributed by atoms with Crippen LogP contribution < -0.4 is 10.1 Å². The molecule has 0 saturated carbocycles. The minimum absolute atomic E-state index is 0.0102. The maximum atomic E-state index is 13.0. The molecular weight excluding hydrogens is 388 g/mol. The van der Waals surface area contributed by atoms with Crippen molar-refractivity contribution in [2.24, 2.45) is 0 Å². The molecule has 2 rings (SSSR count). The minimum atomic E-state index is -0.636. The number of benzene rings is 2. The van der Waals surface area contributed by atoms with Crippen molar-refractivity contribution in [3.05, 3.63) is 64.2 Å². The monoisotopic (exact) mass is 416 g/mol. The predicted molar refractivity (Wildman–Crippen MR) is 116 cm³/mol. The van der Waals surface area contributed by atoms with Gasteiger partial charge in [0.1, 0.15) is 11.8 Å². The normalized spacial score (nSPS) is 11.8. The van der Waals surface area contributed by atoms with Crippen molar-refractivity contribution in [2.45, 2.75) is 53.2 Å². The van der Waals surface area contributed by atoms with Gasteiger partial charge in [0, 0.05) is 17.6 Å². The largest absolute Gasteiger partial charge is 0.484 e. The number of rotatable bonds is 8. The first-order valence-electron chi connectivity index (χ1n) is 9.71. The first-order valence-corrected chi connectivity index (χ1v) is 10.1. The summed E-state index contributed by atoms with van der Waals surface area (Å²) in [5.41, 5.74) is 3.02. The summed E-state index contributed by atoms with van der Waals surface area (Å²) in [5.74, 6) is 0.181. The van der Waals surface area contributed by atoms with Gasteiger partial charge in [-0.1, -0.05) is 29.8 Å². The molecule has 0 aliphatic heterocycles. The number of ether oxygens (including phenoxy) is 1. The Morgan fingerprint density at radius 2 is 1.62 bits per heavy atom. The number of amides is 2. The summed E-state index contributed by atoms with van der Waals surface area (Å²) in [6.07, 6.45) is 0. The Labute approximate surface area is 178 Å². The van der Waals surface area contributed by atoms with E-state index in [-0.39, 0.29) is 24.5 Å². The van der Waals surface area contributed by atoms with Crippen LogP contribution >= 0.6 is 11.6 Å². The summed E-state index contributed by atoms with van der Waals surface area (Å²) in [7, 11) is 0. The Kier molecular flexibility index (Phi) is 8.09. The standard InChI is InChI=1S/C23H29ClN2O3/c1-15(2)25-23(28)18(5)26(13-19-6-8-20(24)9-7-19)22(27)14-29-21-11-16(3)10-17(4)12-21/h6-12,15,18H,13-14H2,1-5H3,(H,25,28)/t18-/m1/s1. The molecule has 2 aromatic carbocycles. The maximum Gasteiger partial charge on any atom is 0.261 e. The molecule has 1 N–H and O–H groups in total. The van der Waals surface area contributed by atoms with Crippen LogP contribution in [0.5, 0.6) is 5.75 Å². The smallest absolute Gasteiger partial charge is 0.261 e. The fourth-order valence-corrected chi connectivity index (χ4v) is 3.14. The van der Waals surface area contributed by atoms with Crippen LogP contribution in [0.4, 0.5) is 0 Å². The Bertz CT molecular complexity index is 829. The molecule has 0 aromatic heterocycles. The number of hydrogen-bond acceptors (Lipinski definition) is 3. The lowest BCUT2D eigenvalue weighted by molar-refractivity contribution is -0.142. The molecule has 0 aliphatic carbocycles. The number of carbonyl (C=O) groups is 2. The molecule has 156 valence electrons. The van der Waals surface area contributed by atoms with E-state index in [4.69, 9.17) is 16.3 Å². The van der Waals surface area contributed by atoms with E-state index in [9.17, 15) is 9.59 Å². The Morgan fingerprint density at radius 1 is 1.03 bits per heavy atom. The number of carbonyl (C=O) groups excluding carboxylic acids is 2. The molecule has 29 heavy (non-hydrogen) atoms. The van der Waals surface area contributed by atoms with Gasteiger partial charge in [0.25, 0.3) is 5.91 Å². The van der Waals surface area contributed by atoms with Crippen LogP contribution in [0.3, 0.4) is 0 Å². The van der Waals surface area contributed by atoms with Crippen molar-refractivity contribution in [3.63, 3.8) is 0 Å². The first-order chi connectivity index (χ1) is 13.7. The summed E-state index contributed by atoms with van der Waals surface area (Å²) in [6.45, 7) is 9.61. The molecule has 0 unspecified atom stereocenters. The van der Waals surface area contributed by atoms with E-state index in [1.165, 1.54) is 4.90 Å². The second kappa shape index (κ2) is 10.3. The van der Waals surface area contributed by atoms with E-state index in [1.807, 2.05) is 58.0 Å². The van der Waals surface area contributed by atoms with E-state index in [2.05, 4.69) is 5.32 Å². The second-order valence-corrected chi connectivity index (χ2v) is 8.04. The Hall–Kier alpha value is -2.53. The SMILES string of the molecule is Cc1cc(C)cc(OCC(=O)N(Cc2ccc(Cl)cc2)[C@H](C)C(=O)NC(C)C)c1. The van der Waals surface area contributed by atoms with E-state index >= 15 is 0 Å².